The van der Waals surface area contributed by atoms with E-state index in [0.29, 0.717) is 12.5 Å². The van der Waals surface area contributed by atoms with Gasteiger partial charge in [0.25, 0.3) is 5.91 Å². The van der Waals surface area contributed by atoms with Gasteiger partial charge in [0.05, 0.1) is 5.60 Å². The van der Waals surface area contributed by atoms with Crippen molar-refractivity contribution >= 4 is 5.91 Å². The van der Waals surface area contributed by atoms with Crippen molar-refractivity contribution in [1.82, 2.24) is 4.90 Å². The van der Waals surface area contributed by atoms with Crippen LogP contribution >= 0.6 is 0 Å². The molecule has 1 saturated heterocycles. The molecular weight excluding hydrogens is 204 g/mol. The maximum absolute atomic E-state index is 11.8. The zero-order valence-electron chi connectivity index (χ0n) is 10.2. The molecule has 2 N–H and O–H groups in total. The molecule has 0 spiro atoms. The van der Waals surface area contributed by atoms with Crippen LogP contribution in [-0.2, 0) is 9.53 Å². The molecule has 0 bridgehead atoms. The van der Waals surface area contributed by atoms with Crippen molar-refractivity contribution < 1.29 is 9.53 Å². The first kappa shape index (κ1) is 11.9. The molecule has 1 heterocycles. The van der Waals surface area contributed by atoms with E-state index in [1.807, 2.05) is 7.05 Å². The Kier molecular flexibility index (Phi) is 3.22. The van der Waals surface area contributed by atoms with Crippen LogP contribution in [0, 0.1) is 5.92 Å². The lowest BCUT2D eigenvalue weighted by Gasteiger charge is -2.30. The average Bonchev–Trinajstić information content (AvgIpc) is 2.78. The van der Waals surface area contributed by atoms with Crippen LogP contribution in [-0.4, -0.2) is 42.6 Å². The summed E-state index contributed by atoms with van der Waals surface area (Å²) in [4.78, 5) is 13.5. The van der Waals surface area contributed by atoms with Gasteiger partial charge in [-0.2, -0.15) is 0 Å². The smallest absolute Gasteiger partial charge is 0.251 e. The van der Waals surface area contributed by atoms with Gasteiger partial charge in [-0.1, -0.05) is 6.92 Å². The Balaban J connectivity index is 2.00. The van der Waals surface area contributed by atoms with Crippen LogP contribution in [0.3, 0.4) is 0 Å². The minimum Gasteiger partial charge on any atom is -0.361 e. The quantitative estimate of drug-likeness (QED) is 0.772. The van der Waals surface area contributed by atoms with Gasteiger partial charge in [-0.25, -0.2) is 0 Å². The zero-order valence-corrected chi connectivity index (χ0v) is 10.2. The van der Waals surface area contributed by atoms with Crippen LogP contribution in [0.2, 0.25) is 0 Å². The van der Waals surface area contributed by atoms with E-state index in [2.05, 4.69) is 6.92 Å². The van der Waals surface area contributed by atoms with Crippen molar-refractivity contribution in [3.63, 3.8) is 0 Å². The van der Waals surface area contributed by atoms with Gasteiger partial charge in [-0.15, -0.1) is 0 Å². The molecule has 0 aromatic carbocycles. The predicted octanol–water partition coefficient (Wildman–Crippen LogP) is 0.751. The van der Waals surface area contributed by atoms with Gasteiger partial charge < -0.3 is 15.4 Å². The van der Waals surface area contributed by atoms with Crippen molar-refractivity contribution in [2.75, 3.05) is 20.1 Å². The molecule has 0 aromatic heterocycles. The number of hydrogen-bond donors (Lipinski definition) is 1. The number of likely N-dealkylation sites (N-methyl/N-ethyl adjacent to an activating group) is 1. The van der Waals surface area contributed by atoms with Crippen LogP contribution in [0.4, 0.5) is 0 Å². The van der Waals surface area contributed by atoms with Crippen molar-refractivity contribution in [1.29, 1.82) is 0 Å². The van der Waals surface area contributed by atoms with E-state index in [1.54, 1.807) is 4.90 Å². The van der Waals surface area contributed by atoms with Crippen molar-refractivity contribution in [3.05, 3.63) is 0 Å². The van der Waals surface area contributed by atoms with E-state index >= 15 is 0 Å². The molecule has 2 fully saturated rings. The molecule has 1 saturated carbocycles. The lowest BCUT2D eigenvalue weighted by Crippen LogP contribution is -2.43. The van der Waals surface area contributed by atoms with Crippen molar-refractivity contribution in [2.24, 2.45) is 11.7 Å². The highest BCUT2D eigenvalue weighted by Crippen LogP contribution is 2.38. The van der Waals surface area contributed by atoms with Gasteiger partial charge in [-0.05, 0) is 25.2 Å². The largest absolute Gasteiger partial charge is 0.361 e. The summed E-state index contributed by atoms with van der Waals surface area (Å²) in [5.41, 5.74) is 5.61. The number of ether oxygens (including phenoxy) is 1. The number of nitrogens with zero attached hydrogens (tertiary/aromatic N) is 1. The molecule has 0 aromatic rings. The number of nitrogens with two attached hydrogens (primary N) is 1. The second-order valence-corrected chi connectivity index (χ2v) is 5.39. The molecule has 2 aliphatic rings. The lowest BCUT2D eigenvalue weighted by atomic mass is 10.00. The molecule has 0 radical (unpaired) electrons. The first-order valence-electron chi connectivity index (χ1n) is 6.19. The van der Waals surface area contributed by atoms with Gasteiger partial charge in [0.2, 0.25) is 0 Å². The van der Waals surface area contributed by atoms with E-state index < -0.39 is 0 Å². The van der Waals surface area contributed by atoms with Gasteiger partial charge in [0.15, 0.2) is 0 Å². The SMILES string of the molecule is CC1CCC(CN)(OC2CCN(C)C2=O)C1. The second-order valence-electron chi connectivity index (χ2n) is 5.39. The number of likely N-dealkylation sites (tertiary alicyclic amines) is 1. The van der Waals surface area contributed by atoms with E-state index in [4.69, 9.17) is 10.5 Å². The minimum atomic E-state index is -0.251. The number of amides is 1. The number of carbonyl (C=O) groups excluding carboxylic acids is 1. The second kappa shape index (κ2) is 4.34. The lowest BCUT2D eigenvalue weighted by molar-refractivity contribution is -0.147. The summed E-state index contributed by atoms with van der Waals surface area (Å²) in [7, 11) is 1.83. The molecule has 1 aliphatic carbocycles. The normalized spacial score (nSPS) is 39.7. The van der Waals surface area contributed by atoms with Gasteiger partial charge in [-0.3, -0.25) is 4.79 Å². The third-order valence-electron chi connectivity index (χ3n) is 3.96. The average molecular weight is 226 g/mol. The number of hydrogen-bond acceptors (Lipinski definition) is 3. The number of carbonyl (C=O) groups is 1. The summed E-state index contributed by atoms with van der Waals surface area (Å²) in [6.07, 6.45) is 3.72. The fraction of sp³-hybridized carbons (Fsp3) is 0.917. The van der Waals surface area contributed by atoms with Gasteiger partial charge in [0, 0.05) is 26.6 Å². The summed E-state index contributed by atoms with van der Waals surface area (Å²) in [5.74, 6) is 0.783. The predicted molar refractivity (Wildman–Crippen MR) is 61.9 cm³/mol. The third-order valence-corrected chi connectivity index (χ3v) is 3.96. The Morgan fingerprint density at radius 2 is 2.31 bits per heavy atom. The standard InChI is InChI=1S/C12H22N2O2/c1-9-3-5-12(7-9,8-13)16-10-4-6-14(2)11(10)15/h9-10H,3-8,13H2,1-2H3. The molecule has 4 nitrogen and oxygen atoms in total. The molecule has 3 atom stereocenters. The molecule has 2 rings (SSSR count). The molecule has 4 heteroatoms. The summed E-state index contributed by atoms with van der Waals surface area (Å²) < 4.78 is 6.05. The van der Waals surface area contributed by atoms with Crippen LogP contribution in [0.5, 0.6) is 0 Å². The van der Waals surface area contributed by atoms with Crippen LogP contribution in [0.25, 0.3) is 0 Å². The summed E-state index contributed by atoms with van der Waals surface area (Å²) in [6, 6.07) is 0. The Morgan fingerprint density at radius 3 is 2.75 bits per heavy atom. The van der Waals surface area contributed by atoms with E-state index in [0.717, 1.165) is 32.2 Å². The fourth-order valence-corrected chi connectivity index (χ4v) is 2.89. The zero-order chi connectivity index (χ0) is 11.8. The Hall–Kier alpha value is -0.610. The first-order chi connectivity index (χ1) is 7.56. The molecule has 3 unspecified atom stereocenters. The summed E-state index contributed by atoms with van der Waals surface area (Å²) in [6.45, 7) is 3.56. The molecular formula is C12H22N2O2. The summed E-state index contributed by atoms with van der Waals surface area (Å²) >= 11 is 0. The van der Waals surface area contributed by atoms with Crippen LogP contribution < -0.4 is 5.73 Å². The maximum Gasteiger partial charge on any atom is 0.251 e. The molecule has 1 aliphatic heterocycles. The highest BCUT2D eigenvalue weighted by atomic mass is 16.5. The monoisotopic (exact) mass is 226 g/mol. The van der Waals surface area contributed by atoms with Crippen molar-refractivity contribution in [3.8, 4) is 0 Å². The molecule has 16 heavy (non-hydrogen) atoms. The molecule has 1 amide bonds. The first-order valence-corrected chi connectivity index (χ1v) is 6.19. The van der Waals surface area contributed by atoms with Gasteiger partial charge in [0.1, 0.15) is 6.10 Å². The molecule has 92 valence electrons. The highest BCUT2D eigenvalue weighted by Gasteiger charge is 2.42. The van der Waals surface area contributed by atoms with Crippen molar-refractivity contribution in [2.45, 2.75) is 44.3 Å². The third kappa shape index (κ3) is 2.09. The van der Waals surface area contributed by atoms with Gasteiger partial charge >= 0.3 is 0 Å². The fourth-order valence-electron chi connectivity index (χ4n) is 2.89. The van der Waals surface area contributed by atoms with E-state index in [9.17, 15) is 4.79 Å². The van der Waals surface area contributed by atoms with Crippen LogP contribution in [0.15, 0.2) is 0 Å². The van der Waals surface area contributed by atoms with E-state index in [1.165, 1.54) is 0 Å². The Labute approximate surface area is 97.1 Å². The Morgan fingerprint density at radius 1 is 1.56 bits per heavy atom. The number of rotatable bonds is 3. The minimum absolute atomic E-state index is 0.118. The van der Waals surface area contributed by atoms with Crippen LogP contribution in [0.1, 0.15) is 32.6 Å². The van der Waals surface area contributed by atoms with E-state index in [-0.39, 0.29) is 17.6 Å². The topological polar surface area (TPSA) is 55.6 Å². The highest BCUT2D eigenvalue weighted by molar-refractivity contribution is 5.82. The summed E-state index contributed by atoms with van der Waals surface area (Å²) in [5, 5.41) is 0. The Bertz CT molecular complexity index is 282. The maximum atomic E-state index is 11.8.